The normalized spacial score (nSPS) is 9.86. The lowest BCUT2D eigenvalue weighted by Gasteiger charge is -2.06. The third-order valence-corrected chi connectivity index (χ3v) is 2.39. The predicted octanol–water partition coefficient (Wildman–Crippen LogP) is 3.18. The molecule has 0 spiro atoms. The Morgan fingerprint density at radius 3 is 2.79 bits per heavy atom. The van der Waals surface area contributed by atoms with Crippen molar-refractivity contribution in [3.63, 3.8) is 0 Å². The van der Waals surface area contributed by atoms with E-state index in [-0.39, 0.29) is 5.69 Å². The van der Waals surface area contributed by atoms with E-state index >= 15 is 0 Å². The zero-order valence-electron chi connectivity index (χ0n) is 7.79. The Kier molecular flexibility index (Phi) is 3.88. The average Bonchev–Trinajstić information content (AvgIpc) is 2.15. The second kappa shape index (κ2) is 4.95. The summed E-state index contributed by atoms with van der Waals surface area (Å²) >= 11 is 3.28. The van der Waals surface area contributed by atoms with Gasteiger partial charge in [0, 0.05) is 28.8 Å². The van der Waals surface area contributed by atoms with Crippen molar-refractivity contribution in [3.8, 4) is 0 Å². The third kappa shape index (κ3) is 2.70. The standard InChI is InChI=1S/C9H11BrN2O2/c1-2-5-11-9-4-3-7(12(13)14)6-8(9)10/h3-4,6,11H,2,5H2,1H3. The monoisotopic (exact) mass is 258 g/mol. The van der Waals surface area contributed by atoms with Gasteiger partial charge in [-0.1, -0.05) is 6.92 Å². The van der Waals surface area contributed by atoms with E-state index in [9.17, 15) is 10.1 Å². The summed E-state index contributed by atoms with van der Waals surface area (Å²) in [6, 6.07) is 4.69. The van der Waals surface area contributed by atoms with Crippen molar-refractivity contribution < 1.29 is 4.92 Å². The van der Waals surface area contributed by atoms with Gasteiger partial charge < -0.3 is 5.32 Å². The number of non-ortho nitro benzene ring substituents is 1. The van der Waals surface area contributed by atoms with Crippen LogP contribution >= 0.6 is 15.9 Å². The third-order valence-electron chi connectivity index (χ3n) is 1.73. The molecule has 0 saturated heterocycles. The van der Waals surface area contributed by atoms with Crippen molar-refractivity contribution in [2.24, 2.45) is 0 Å². The summed E-state index contributed by atoms with van der Waals surface area (Å²) in [5.41, 5.74) is 0.983. The molecule has 0 amide bonds. The molecule has 1 aromatic carbocycles. The van der Waals surface area contributed by atoms with Gasteiger partial charge in [-0.15, -0.1) is 0 Å². The van der Waals surface area contributed by atoms with Gasteiger partial charge in [0.05, 0.1) is 4.92 Å². The van der Waals surface area contributed by atoms with Crippen LogP contribution in [0.15, 0.2) is 22.7 Å². The first-order chi connectivity index (χ1) is 6.65. The van der Waals surface area contributed by atoms with E-state index in [0.29, 0.717) is 0 Å². The molecular formula is C9H11BrN2O2. The lowest BCUT2D eigenvalue weighted by Crippen LogP contribution is -2.00. The number of rotatable bonds is 4. The first-order valence-corrected chi connectivity index (χ1v) is 5.12. The van der Waals surface area contributed by atoms with Crippen LogP contribution in [0.3, 0.4) is 0 Å². The maximum absolute atomic E-state index is 10.4. The van der Waals surface area contributed by atoms with Crippen LogP contribution in [0.5, 0.6) is 0 Å². The number of hydrogen-bond donors (Lipinski definition) is 1. The lowest BCUT2D eigenvalue weighted by molar-refractivity contribution is -0.384. The van der Waals surface area contributed by atoms with Gasteiger partial charge in [-0.25, -0.2) is 0 Å². The van der Waals surface area contributed by atoms with Crippen LogP contribution in [-0.4, -0.2) is 11.5 Å². The average molecular weight is 259 g/mol. The Bertz CT molecular complexity index is 342. The van der Waals surface area contributed by atoms with Crippen molar-refractivity contribution >= 4 is 27.3 Å². The van der Waals surface area contributed by atoms with Gasteiger partial charge in [0.2, 0.25) is 0 Å². The second-order valence-corrected chi connectivity index (χ2v) is 3.70. The summed E-state index contributed by atoms with van der Waals surface area (Å²) in [5.74, 6) is 0. The Labute approximate surface area is 90.6 Å². The molecule has 0 bridgehead atoms. The maximum atomic E-state index is 10.4. The first-order valence-electron chi connectivity index (χ1n) is 4.33. The van der Waals surface area contributed by atoms with E-state index in [0.717, 1.165) is 23.1 Å². The smallest absolute Gasteiger partial charge is 0.270 e. The molecule has 0 aliphatic heterocycles. The van der Waals surface area contributed by atoms with E-state index in [1.807, 2.05) is 0 Å². The molecule has 0 aliphatic rings. The van der Waals surface area contributed by atoms with Gasteiger partial charge in [-0.2, -0.15) is 0 Å². The molecule has 0 aromatic heterocycles. The van der Waals surface area contributed by atoms with Crippen LogP contribution in [0.1, 0.15) is 13.3 Å². The Morgan fingerprint density at radius 1 is 1.57 bits per heavy atom. The second-order valence-electron chi connectivity index (χ2n) is 2.85. The molecule has 1 N–H and O–H groups in total. The SMILES string of the molecule is CCCNc1ccc([N+](=O)[O-])cc1Br. The van der Waals surface area contributed by atoms with Crippen LogP contribution in [0.4, 0.5) is 11.4 Å². The van der Waals surface area contributed by atoms with Crippen molar-refractivity contribution in [1.82, 2.24) is 0 Å². The highest BCUT2D eigenvalue weighted by Gasteiger charge is 2.07. The maximum Gasteiger partial charge on any atom is 0.270 e. The minimum Gasteiger partial charge on any atom is -0.384 e. The fourth-order valence-corrected chi connectivity index (χ4v) is 1.53. The number of hydrogen-bond acceptors (Lipinski definition) is 3. The van der Waals surface area contributed by atoms with Crippen molar-refractivity contribution in [2.45, 2.75) is 13.3 Å². The highest BCUT2D eigenvalue weighted by atomic mass is 79.9. The molecule has 1 rings (SSSR count). The first kappa shape index (κ1) is 11.0. The fourth-order valence-electron chi connectivity index (χ4n) is 1.02. The molecule has 0 saturated carbocycles. The molecule has 0 atom stereocenters. The Morgan fingerprint density at radius 2 is 2.29 bits per heavy atom. The Hall–Kier alpha value is -1.10. The summed E-state index contributed by atoms with van der Waals surface area (Å²) in [4.78, 5) is 10.0. The van der Waals surface area contributed by atoms with Crippen molar-refractivity contribution in [1.29, 1.82) is 0 Å². The van der Waals surface area contributed by atoms with Gasteiger partial charge in [0.25, 0.3) is 5.69 Å². The summed E-state index contributed by atoms with van der Waals surface area (Å²) in [6.07, 6.45) is 1.02. The van der Waals surface area contributed by atoms with Gasteiger partial charge in [-0.05, 0) is 28.4 Å². The van der Waals surface area contributed by atoms with Gasteiger partial charge in [0.15, 0.2) is 0 Å². The molecule has 0 unspecified atom stereocenters. The van der Waals surface area contributed by atoms with Crippen LogP contribution in [0.2, 0.25) is 0 Å². The topological polar surface area (TPSA) is 55.2 Å². The number of nitrogens with zero attached hydrogens (tertiary/aromatic N) is 1. The molecule has 1 aromatic rings. The van der Waals surface area contributed by atoms with Crippen molar-refractivity contribution in [3.05, 3.63) is 32.8 Å². The number of nitrogens with one attached hydrogen (secondary N) is 1. The molecule has 14 heavy (non-hydrogen) atoms. The zero-order chi connectivity index (χ0) is 10.6. The van der Waals surface area contributed by atoms with Crippen LogP contribution in [-0.2, 0) is 0 Å². The van der Waals surface area contributed by atoms with E-state index < -0.39 is 4.92 Å². The molecule has 0 radical (unpaired) electrons. The summed E-state index contributed by atoms with van der Waals surface area (Å²) < 4.78 is 0.722. The van der Waals surface area contributed by atoms with Gasteiger partial charge >= 0.3 is 0 Å². The molecule has 0 aliphatic carbocycles. The summed E-state index contributed by atoms with van der Waals surface area (Å²) in [6.45, 7) is 2.92. The Balaban J connectivity index is 2.84. The van der Waals surface area contributed by atoms with Crippen LogP contribution < -0.4 is 5.32 Å². The quantitative estimate of drug-likeness (QED) is 0.667. The van der Waals surface area contributed by atoms with Crippen LogP contribution in [0, 0.1) is 10.1 Å². The molecule has 76 valence electrons. The van der Waals surface area contributed by atoms with Gasteiger partial charge in [0.1, 0.15) is 0 Å². The highest BCUT2D eigenvalue weighted by Crippen LogP contribution is 2.26. The zero-order valence-corrected chi connectivity index (χ0v) is 9.37. The lowest BCUT2D eigenvalue weighted by atomic mass is 10.3. The molecule has 0 fully saturated rings. The predicted molar refractivity (Wildman–Crippen MR) is 59.6 cm³/mol. The molecule has 0 heterocycles. The number of nitro groups is 1. The molecule has 5 heteroatoms. The van der Waals surface area contributed by atoms with E-state index in [1.165, 1.54) is 12.1 Å². The number of nitro benzene ring substituents is 1. The molecular weight excluding hydrogens is 248 g/mol. The number of halogens is 1. The number of anilines is 1. The largest absolute Gasteiger partial charge is 0.384 e. The van der Waals surface area contributed by atoms with Gasteiger partial charge in [-0.3, -0.25) is 10.1 Å². The summed E-state index contributed by atoms with van der Waals surface area (Å²) in [5, 5.41) is 13.6. The summed E-state index contributed by atoms with van der Waals surface area (Å²) in [7, 11) is 0. The van der Waals surface area contributed by atoms with Crippen LogP contribution in [0.25, 0.3) is 0 Å². The fraction of sp³-hybridized carbons (Fsp3) is 0.333. The van der Waals surface area contributed by atoms with Crippen molar-refractivity contribution in [2.75, 3.05) is 11.9 Å². The highest BCUT2D eigenvalue weighted by molar-refractivity contribution is 9.10. The van der Waals surface area contributed by atoms with E-state index in [4.69, 9.17) is 0 Å². The van der Waals surface area contributed by atoms with E-state index in [1.54, 1.807) is 6.07 Å². The number of benzene rings is 1. The molecule has 4 nitrogen and oxygen atoms in total. The minimum absolute atomic E-state index is 0.0962. The van der Waals surface area contributed by atoms with E-state index in [2.05, 4.69) is 28.2 Å². The minimum atomic E-state index is -0.408.